The monoisotopic (exact) mass is 495 g/mol. The fraction of sp³-hybridized carbons (Fsp3) is 0.950. The van der Waals surface area contributed by atoms with Crippen LogP contribution in [-0.2, 0) is 4.74 Å². The van der Waals surface area contributed by atoms with Crippen LogP contribution in [0.25, 0.3) is 0 Å². The first-order valence-corrected chi connectivity index (χ1v) is 10.4. The molecule has 0 saturated carbocycles. The second-order valence-electron chi connectivity index (χ2n) is 8.82. The minimum atomic E-state index is 0. The molecular formula is C20H42IN5O. The summed E-state index contributed by atoms with van der Waals surface area (Å²) in [6.45, 7) is 18.6. The zero-order valence-electron chi connectivity index (χ0n) is 18.1. The normalized spacial score (nSPS) is 25.7. The van der Waals surface area contributed by atoms with Crippen LogP contribution < -0.4 is 10.6 Å². The van der Waals surface area contributed by atoms with Gasteiger partial charge < -0.3 is 20.3 Å². The lowest BCUT2D eigenvalue weighted by atomic mass is 9.92. The number of nitrogens with one attached hydrogen (secondary N) is 2. The number of halogens is 1. The van der Waals surface area contributed by atoms with Crippen molar-refractivity contribution in [1.82, 2.24) is 20.4 Å². The molecular weight excluding hydrogens is 453 g/mol. The van der Waals surface area contributed by atoms with Crippen LogP contribution in [0.4, 0.5) is 0 Å². The fourth-order valence-electron chi connectivity index (χ4n) is 4.29. The Labute approximate surface area is 183 Å². The predicted molar refractivity (Wildman–Crippen MR) is 125 cm³/mol. The molecule has 0 aromatic carbocycles. The number of aliphatic imine (C=N–C) groups is 1. The van der Waals surface area contributed by atoms with Crippen LogP contribution in [0, 0.1) is 11.8 Å². The van der Waals surface area contributed by atoms with Gasteiger partial charge in [0.15, 0.2) is 5.96 Å². The molecule has 2 fully saturated rings. The summed E-state index contributed by atoms with van der Waals surface area (Å²) in [5.74, 6) is 2.58. The van der Waals surface area contributed by atoms with Gasteiger partial charge in [-0.1, -0.05) is 13.8 Å². The van der Waals surface area contributed by atoms with Crippen molar-refractivity contribution in [3.63, 3.8) is 0 Å². The van der Waals surface area contributed by atoms with Crippen molar-refractivity contribution in [3.8, 4) is 0 Å². The maximum absolute atomic E-state index is 5.47. The maximum Gasteiger partial charge on any atom is 0.191 e. The lowest BCUT2D eigenvalue weighted by molar-refractivity contribution is -0.00834. The Morgan fingerprint density at radius 3 is 2.33 bits per heavy atom. The topological polar surface area (TPSA) is 52.1 Å². The van der Waals surface area contributed by atoms with E-state index in [4.69, 9.17) is 4.74 Å². The van der Waals surface area contributed by atoms with Gasteiger partial charge in [-0.2, -0.15) is 0 Å². The van der Waals surface area contributed by atoms with Gasteiger partial charge in [0.25, 0.3) is 0 Å². The highest BCUT2D eigenvalue weighted by atomic mass is 127. The lowest BCUT2D eigenvalue weighted by Gasteiger charge is -2.41. The third kappa shape index (κ3) is 8.83. The van der Waals surface area contributed by atoms with Gasteiger partial charge in [0.1, 0.15) is 0 Å². The molecule has 0 spiro atoms. The summed E-state index contributed by atoms with van der Waals surface area (Å²) >= 11 is 0. The van der Waals surface area contributed by atoms with Crippen molar-refractivity contribution >= 4 is 29.9 Å². The van der Waals surface area contributed by atoms with Crippen molar-refractivity contribution in [1.29, 1.82) is 0 Å². The van der Waals surface area contributed by atoms with E-state index in [0.29, 0.717) is 0 Å². The molecule has 6 nitrogen and oxygen atoms in total. The smallest absolute Gasteiger partial charge is 0.191 e. The van der Waals surface area contributed by atoms with E-state index in [1.807, 2.05) is 7.05 Å². The molecule has 0 radical (unpaired) electrons. The first-order chi connectivity index (χ1) is 12.4. The minimum Gasteiger partial charge on any atom is -0.379 e. The third-order valence-electron chi connectivity index (χ3n) is 5.67. The molecule has 0 aliphatic carbocycles. The van der Waals surface area contributed by atoms with Gasteiger partial charge in [0.05, 0.1) is 13.2 Å². The van der Waals surface area contributed by atoms with E-state index in [0.717, 1.165) is 63.6 Å². The minimum absolute atomic E-state index is 0. The van der Waals surface area contributed by atoms with Gasteiger partial charge >= 0.3 is 0 Å². The highest BCUT2D eigenvalue weighted by molar-refractivity contribution is 14.0. The van der Waals surface area contributed by atoms with Gasteiger partial charge in [0.2, 0.25) is 0 Å². The average Bonchev–Trinajstić information content (AvgIpc) is 2.61. The zero-order valence-corrected chi connectivity index (χ0v) is 20.4. The summed E-state index contributed by atoms with van der Waals surface area (Å²) in [5, 5.41) is 6.98. The van der Waals surface area contributed by atoms with Gasteiger partial charge in [-0.3, -0.25) is 9.89 Å². The molecule has 27 heavy (non-hydrogen) atoms. The highest BCUT2D eigenvalue weighted by Gasteiger charge is 2.28. The van der Waals surface area contributed by atoms with Crippen LogP contribution in [0.2, 0.25) is 0 Å². The summed E-state index contributed by atoms with van der Waals surface area (Å²) < 4.78 is 5.47. The molecule has 2 saturated heterocycles. The summed E-state index contributed by atoms with van der Waals surface area (Å²) in [4.78, 5) is 9.50. The van der Waals surface area contributed by atoms with E-state index < -0.39 is 0 Å². The fourth-order valence-corrected chi connectivity index (χ4v) is 4.29. The molecule has 2 aliphatic rings. The van der Waals surface area contributed by atoms with Gasteiger partial charge in [-0.05, 0) is 45.1 Å². The standard InChI is InChI=1S/C20H41N5O.HI/c1-17-13-18(2)15-24(14-17)8-6-7-22-19(21-5)23-16-20(3,4)25-9-11-26-12-10-25;/h17-18H,6-16H2,1-5H3,(H2,21,22,23);1H. The Hall–Kier alpha value is -0.120. The van der Waals surface area contributed by atoms with Gasteiger partial charge in [-0.25, -0.2) is 0 Å². The molecule has 7 heteroatoms. The number of morpholine rings is 1. The average molecular weight is 495 g/mol. The van der Waals surface area contributed by atoms with Crippen molar-refractivity contribution in [2.24, 2.45) is 16.8 Å². The van der Waals surface area contributed by atoms with Crippen LogP contribution in [0.3, 0.4) is 0 Å². The highest BCUT2D eigenvalue weighted by Crippen LogP contribution is 2.20. The quantitative estimate of drug-likeness (QED) is 0.246. The summed E-state index contributed by atoms with van der Waals surface area (Å²) in [5.41, 5.74) is 0.0987. The van der Waals surface area contributed by atoms with Gasteiger partial charge in [-0.15, -0.1) is 24.0 Å². The van der Waals surface area contributed by atoms with E-state index in [1.165, 1.54) is 26.1 Å². The SMILES string of the molecule is CN=C(NCCCN1CC(C)CC(C)C1)NCC(C)(C)N1CCOCC1.I. The van der Waals surface area contributed by atoms with E-state index in [2.05, 4.69) is 53.1 Å². The van der Waals surface area contributed by atoms with E-state index in [-0.39, 0.29) is 29.5 Å². The van der Waals surface area contributed by atoms with Crippen LogP contribution in [0.15, 0.2) is 4.99 Å². The Morgan fingerprint density at radius 1 is 1.11 bits per heavy atom. The molecule has 2 heterocycles. The lowest BCUT2D eigenvalue weighted by Crippen LogP contribution is -2.56. The molecule has 2 N–H and O–H groups in total. The number of hydrogen-bond donors (Lipinski definition) is 2. The Morgan fingerprint density at radius 2 is 1.74 bits per heavy atom. The second kappa shape index (κ2) is 12.4. The van der Waals surface area contributed by atoms with E-state index in [1.54, 1.807) is 0 Å². The van der Waals surface area contributed by atoms with Crippen molar-refractivity contribution in [2.45, 2.75) is 46.1 Å². The van der Waals surface area contributed by atoms with Crippen LogP contribution in [0.1, 0.15) is 40.5 Å². The number of hydrogen-bond acceptors (Lipinski definition) is 4. The second-order valence-corrected chi connectivity index (χ2v) is 8.82. The number of piperidine rings is 1. The molecule has 2 atom stereocenters. The first kappa shape index (κ1) is 24.9. The molecule has 0 aromatic heterocycles. The summed E-state index contributed by atoms with van der Waals surface area (Å²) in [6, 6.07) is 0. The Bertz CT molecular complexity index is 430. The predicted octanol–water partition coefficient (Wildman–Crippen LogP) is 2.25. The van der Waals surface area contributed by atoms with E-state index in [9.17, 15) is 0 Å². The van der Waals surface area contributed by atoms with Crippen molar-refractivity contribution in [2.75, 3.05) is 66.1 Å². The molecule has 0 amide bonds. The maximum atomic E-state index is 5.47. The molecule has 160 valence electrons. The molecule has 2 unspecified atom stereocenters. The number of guanidine groups is 1. The summed E-state index contributed by atoms with van der Waals surface area (Å²) in [6.07, 6.45) is 2.54. The van der Waals surface area contributed by atoms with Crippen LogP contribution in [0.5, 0.6) is 0 Å². The van der Waals surface area contributed by atoms with E-state index >= 15 is 0 Å². The number of rotatable bonds is 7. The molecule has 0 aromatic rings. The number of likely N-dealkylation sites (tertiary alicyclic amines) is 1. The van der Waals surface area contributed by atoms with Crippen LogP contribution in [-0.4, -0.2) is 87.4 Å². The molecule has 2 rings (SSSR count). The largest absolute Gasteiger partial charge is 0.379 e. The molecule has 2 aliphatic heterocycles. The van der Waals surface area contributed by atoms with Crippen LogP contribution >= 0.6 is 24.0 Å². The van der Waals surface area contributed by atoms with Crippen molar-refractivity contribution in [3.05, 3.63) is 0 Å². The summed E-state index contributed by atoms with van der Waals surface area (Å²) in [7, 11) is 1.85. The third-order valence-corrected chi connectivity index (χ3v) is 5.67. The number of nitrogens with zero attached hydrogens (tertiary/aromatic N) is 3. The first-order valence-electron chi connectivity index (χ1n) is 10.4. The Kier molecular flexibility index (Phi) is 11.5. The van der Waals surface area contributed by atoms with Crippen molar-refractivity contribution < 1.29 is 4.74 Å². The molecule has 0 bridgehead atoms. The zero-order chi connectivity index (χ0) is 19.0. The number of ether oxygens (including phenoxy) is 1. The van der Waals surface area contributed by atoms with Gasteiger partial charge in [0, 0.05) is 51.9 Å². The Balaban J connectivity index is 0.00000364.